The second kappa shape index (κ2) is 6.46. The smallest absolute Gasteiger partial charge is 0.240 e. The number of Topliss-reactive ketones (excluding diaryl/α,β-unsaturated/α-hetero) is 1. The van der Waals surface area contributed by atoms with Gasteiger partial charge in [0.05, 0.1) is 0 Å². The number of likely N-dealkylation sites (tertiary alicyclic amines) is 1. The number of sulfone groups is 1. The number of carbonyl (C=O) groups excluding carboxylic acids is 2. The van der Waals surface area contributed by atoms with Crippen LogP contribution in [0.2, 0.25) is 0 Å². The highest BCUT2D eigenvalue weighted by Gasteiger charge is 2.40. The predicted octanol–water partition coefficient (Wildman–Crippen LogP) is 1.56. The molecule has 5 nitrogen and oxygen atoms in total. The van der Waals surface area contributed by atoms with E-state index in [0.29, 0.717) is 13.0 Å². The zero-order chi connectivity index (χ0) is 15.6. The van der Waals surface area contributed by atoms with Crippen molar-refractivity contribution in [3.8, 4) is 0 Å². The van der Waals surface area contributed by atoms with Gasteiger partial charge in [-0.1, -0.05) is 6.42 Å². The third-order valence-corrected chi connectivity index (χ3v) is 6.37. The third kappa shape index (κ3) is 3.65. The molecule has 1 aliphatic heterocycles. The number of nitrogens with zero attached hydrogens (tertiary/aromatic N) is 1. The molecule has 2 fully saturated rings. The molecule has 2 aliphatic rings. The van der Waals surface area contributed by atoms with Gasteiger partial charge in [-0.05, 0) is 39.0 Å². The molecule has 0 spiro atoms. The number of carbonyl (C=O) groups is 2. The van der Waals surface area contributed by atoms with E-state index in [1.165, 1.54) is 6.92 Å². The second-order valence-electron chi connectivity index (χ2n) is 6.39. The van der Waals surface area contributed by atoms with E-state index >= 15 is 0 Å². The highest BCUT2D eigenvalue weighted by molar-refractivity contribution is 7.92. The van der Waals surface area contributed by atoms with Gasteiger partial charge in [-0.15, -0.1) is 0 Å². The number of piperidine rings is 1. The summed E-state index contributed by atoms with van der Waals surface area (Å²) >= 11 is 0. The van der Waals surface area contributed by atoms with Crippen LogP contribution in [-0.4, -0.2) is 49.1 Å². The fraction of sp³-hybridized carbons (Fsp3) is 0.867. The largest absolute Gasteiger partial charge is 0.338 e. The molecule has 1 saturated carbocycles. The van der Waals surface area contributed by atoms with Crippen LogP contribution in [0.5, 0.6) is 0 Å². The predicted molar refractivity (Wildman–Crippen MR) is 80.6 cm³/mol. The number of hydrogen-bond donors (Lipinski definition) is 0. The molecular weight excluding hydrogens is 290 g/mol. The average molecular weight is 315 g/mol. The summed E-state index contributed by atoms with van der Waals surface area (Å²) in [4.78, 5) is 26.4. The van der Waals surface area contributed by atoms with Crippen LogP contribution in [0.1, 0.15) is 51.9 Å². The van der Waals surface area contributed by atoms with Crippen molar-refractivity contribution in [3.05, 3.63) is 0 Å². The number of amides is 1. The van der Waals surface area contributed by atoms with Gasteiger partial charge in [-0.2, -0.15) is 0 Å². The fourth-order valence-electron chi connectivity index (χ4n) is 3.48. The molecular formula is C15H25NO4S. The van der Waals surface area contributed by atoms with Crippen molar-refractivity contribution in [2.24, 2.45) is 5.92 Å². The summed E-state index contributed by atoms with van der Waals surface area (Å²) in [6, 6.07) is -0.0942. The van der Waals surface area contributed by atoms with E-state index in [4.69, 9.17) is 0 Å². The maximum Gasteiger partial charge on any atom is 0.240 e. The van der Waals surface area contributed by atoms with E-state index in [9.17, 15) is 18.0 Å². The van der Waals surface area contributed by atoms with Gasteiger partial charge >= 0.3 is 0 Å². The van der Waals surface area contributed by atoms with Gasteiger partial charge in [0.2, 0.25) is 5.91 Å². The zero-order valence-electron chi connectivity index (χ0n) is 12.9. The Morgan fingerprint density at radius 2 is 1.86 bits per heavy atom. The first kappa shape index (κ1) is 16.5. The van der Waals surface area contributed by atoms with Gasteiger partial charge in [0.1, 0.15) is 11.0 Å². The molecule has 2 rings (SSSR count). The molecule has 0 bridgehead atoms. The zero-order valence-corrected chi connectivity index (χ0v) is 13.7. The molecule has 0 aromatic heterocycles. The van der Waals surface area contributed by atoms with Gasteiger partial charge in [-0.25, -0.2) is 8.42 Å². The van der Waals surface area contributed by atoms with Crippen LogP contribution in [0.25, 0.3) is 0 Å². The summed E-state index contributed by atoms with van der Waals surface area (Å²) in [6.07, 6.45) is 7.21. The Bertz CT molecular complexity index is 514. The van der Waals surface area contributed by atoms with Crippen molar-refractivity contribution in [3.63, 3.8) is 0 Å². The first-order chi connectivity index (χ1) is 9.82. The van der Waals surface area contributed by atoms with Gasteiger partial charge in [0.15, 0.2) is 9.84 Å². The molecule has 0 aromatic carbocycles. The average Bonchev–Trinajstić information content (AvgIpc) is 2.45. The summed E-state index contributed by atoms with van der Waals surface area (Å²) in [5.74, 6) is -0.173. The Morgan fingerprint density at radius 3 is 2.48 bits per heavy atom. The summed E-state index contributed by atoms with van der Waals surface area (Å²) in [5.41, 5.74) is 0. The maximum absolute atomic E-state index is 12.5. The molecule has 120 valence electrons. The standard InChI is InChI=1S/C15H25NO4S/c1-11(21(2,19)20)15(18)16-10-6-5-8-13(16)12-7-3-4-9-14(12)17/h11-13H,3-10H2,1-2H3. The normalized spacial score (nSPS) is 29.2. The van der Waals surface area contributed by atoms with Crippen LogP contribution in [-0.2, 0) is 19.4 Å². The molecule has 0 N–H and O–H groups in total. The van der Waals surface area contributed by atoms with Gasteiger partial charge < -0.3 is 4.90 Å². The van der Waals surface area contributed by atoms with Crippen molar-refractivity contribution in [2.75, 3.05) is 12.8 Å². The van der Waals surface area contributed by atoms with E-state index in [2.05, 4.69) is 0 Å². The van der Waals surface area contributed by atoms with Crippen LogP contribution in [0.3, 0.4) is 0 Å². The minimum absolute atomic E-state index is 0.0882. The first-order valence-electron chi connectivity index (χ1n) is 7.84. The Kier molecular flexibility index (Phi) is 5.07. The maximum atomic E-state index is 12.5. The second-order valence-corrected chi connectivity index (χ2v) is 8.75. The van der Waals surface area contributed by atoms with E-state index < -0.39 is 15.1 Å². The van der Waals surface area contributed by atoms with E-state index in [0.717, 1.165) is 44.8 Å². The highest BCUT2D eigenvalue weighted by Crippen LogP contribution is 2.32. The Hall–Kier alpha value is -0.910. The van der Waals surface area contributed by atoms with Crippen LogP contribution < -0.4 is 0 Å². The molecule has 0 aromatic rings. The lowest BCUT2D eigenvalue weighted by molar-refractivity contribution is -0.139. The molecule has 0 radical (unpaired) electrons. The molecule has 3 atom stereocenters. The van der Waals surface area contributed by atoms with Gasteiger partial charge in [0, 0.05) is 31.2 Å². The van der Waals surface area contributed by atoms with Crippen molar-refractivity contribution in [2.45, 2.75) is 63.2 Å². The van der Waals surface area contributed by atoms with Crippen molar-refractivity contribution >= 4 is 21.5 Å². The Balaban J connectivity index is 2.19. The highest BCUT2D eigenvalue weighted by atomic mass is 32.2. The van der Waals surface area contributed by atoms with Gasteiger partial charge in [0.25, 0.3) is 0 Å². The molecule has 3 unspecified atom stereocenters. The minimum Gasteiger partial charge on any atom is -0.338 e. The lowest BCUT2D eigenvalue weighted by atomic mass is 9.79. The quantitative estimate of drug-likeness (QED) is 0.792. The van der Waals surface area contributed by atoms with E-state index in [-0.39, 0.29) is 23.7 Å². The molecule has 6 heteroatoms. The van der Waals surface area contributed by atoms with Crippen molar-refractivity contribution in [1.29, 1.82) is 0 Å². The van der Waals surface area contributed by atoms with Gasteiger partial charge in [-0.3, -0.25) is 9.59 Å². The number of rotatable bonds is 3. The third-order valence-electron chi connectivity index (χ3n) is 4.89. The molecule has 1 saturated heterocycles. The summed E-state index contributed by atoms with van der Waals surface area (Å²) < 4.78 is 23.3. The number of hydrogen-bond acceptors (Lipinski definition) is 4. The monoisotopic (exact) mass is 315 g/mol. The molecule has 21 heavy (non-hydrogen) atoms. The fourth-order valence-corrected chi connectivity index (χ4v) is 3.98. The van der Waals surface area contributed by atoms with Crippen molar-refractivity contribution < 1.29 is 18.0 Å². The van der Waals surface area contributed by atoms with Crippen LogP contribution in [0, 0.1) is 5.92 Å². The van der Waals surface area contributed by atoms with Crippen LogP contribution in [0.15, 0.2) is 0 Å². The first-order valence-corrected chi connectivity index (χ1v) is 9.80. The Morgan fingerprint density at radius 1 is 1.19 bits per heavy atom. The summed E-state index contributed by atoms with van der Waals surface area (Å²) in [6.45, 7) is 2.03. The lowest BCUT2D eigenvalue weighted by Crippen LogP contribution is -2.53. The van der Waals surface area contributed by atoms with Crippen LogP contribution >= 0.6 is 0 Å². The SMILES string of the molecule is CC(C(=O)N1CCCCC1C1CCCCC1=O)S(C)(=O)=O. The van der Waals surface area contributed by atoms with E-state index in [1.54, 1.807) is 4.90 Å². The molecule has 1 heterocycles. The molecule has 1 aliphatic carbocycles. The minimum atomic E-state index is -3.40. The summed E-state index contributed by atoms with van der Waals surface area (Å²) in [7, 11) is -3.40. The topological polar surface area (TPSA) is 71.5 Å². The van der Waals surface area contributed by atoms with E-state index in [1.807, 2.05) is 0 Å². The summed E-state index contributed by atoms with van der Waals surface area (Å²) in [5, 5.41) is -1.02. The molecule has 1 amide bonds. The number of ketones is 1. The lowest BCUT2D eigenvalue weighted by Gasteiger charge is -2.42. The van der Waals surface area contributed by atoms with Crippen molar-refractivity contribution in [1.82, 2.24) is 4.90 Å². The van der Waals surface area contributed by atoms with Crippen LogP contribution in [0.4, 0.5) is 0 Å². The Labute approximate surface area is 127 Å².